The van der Waals surface area contributed by atoms with Gasteiger partial charge >= 0.3 is 6.09 Å². The van der Waals surface area contributed by atoms with E-state index in [1.807, 2.05) is 33.2 Å². The van der Waals surface area contributed by atoms with Gasteiger partial charge in [0.15, 0.2) is 0 Å². The van der Waals surface area contributed by atoms with E-state index >= 15 is 0 Å². The number of fused-ring (bicyclic) bond motifs is 2. The van der Waals surface area contributed by atoms with Crippen LogP contribution >= 0.6 is 0 Å². The molecule has 2 amide bonds. The number of aryl methyl sites for hydroxylation is 1. The van der Waals surface area contributed by atoms with Crippen LogP contribution in [0, 0.1) is 6.92 Å². The minimum absolute atomic E-state index is 0.257. The molecule has 2 aromatic heterocycles. The van der Waals surface area contributed by atoms with Gasteiger partial charge in [0.05, 0.1) is 19.3 Å². The second-order valence-corrected chi connectivity index (χ2v) is 12.7. The molecule has 1 aromatic carbocycles. The molecular weight excluding hydrogens is 536 g/mol. The van der Waals surface area contributed by atoms with E-state index in [2.05, 4.69) is 35.1 Å². The lowest BCUT2D eigenvalue weighted by Gasteiger charge is -2.41. The van der Waals surface area contributed by atoms with Gasteiger partial charge in [-0.2, -0.15) is 0 Å². The highest BCUT2D eigenvalue weighted by atomic mass is 16.6. The van der Waals surface area contributed by atoms with E-state index in [0.29, 0.717) is 52.5 Å². The lowest BCUT2D eigenvalue weighted by molar-refractivity contribution is -0.161. The second-order valence-electron chi connectivity index (χ2n) is 12.7. The van der Waals surface area contributed by atoms with Crippen molar-refractivity contribution < 1.29 is 28.9 Å². The summed E-state index contributed by atoms with van der Waals surface area (Å²) in [5, 5.41) is 12.3. The van der Waals surface area contributed by atoms with Crippen LogP contribution in [0.15, 0.2) is 30.6 Å². The maximum atomic E-state index is 13.6. The van der Waals surface area contributed by atoms with Gasteiger partial charge in [0.2, 0.25) is 0 Å². The van der Waals surface area contributed by atoms with E-state index in [4.69, 9.17) is 14.2 Å². The molecule has 224 valence electrons. The number of nitrogens with zero attached hydrogens (tertiary/aromatic N) is 3. The van der Waals surface area contributed by atoms with Gasteiger partial charge in [0.1, 0.15) is 16.8 Å². The summed E-state index contributed by atoms with van der Waals surface area (Å²) in [6.07, 6.45) is 4.65. The van der Waals surface area contributed by atoms with Gasteiger partial charge in [-0.25, -0.2) is 9.78 Å². The van der Waals surface area contributed by atoms with Crippen LogP contribution in [0.3, 0.4) is 0 Å². The fraction of sp³-hybridized carbons (Fsp3) is 0.531. The molecule has 1 atom stereocenters. The predicted molar refractivity (Wildman–Crippen MR) is 157 cm³/mol. The molecule has 5 heterocycles. The fourth-order valence-corrected chi connectivity index (χ4v) is 6.25. The van der Waals surface area contributed by atoms with Crippen molar-refractivity contribution in [3.63, 3.8) is 0 Å². The monoisotopic (exact) mass is 576 g/mol. The molecule has 0 saturated carbocycles. The molecular formula is C32H40N4O6. The maximum Gasteiger partial charge on any atom is 0.410 e. The number of nitrogens with one attached hydrogen (secondary N) is 1. The van der Waals surface area contributed by atoms with Gasteiger partial charge in [-0.15, -0.1) is 0 Å². The standard InChI is InChI=1S/C32H40N4O6/c1-20-16-33-28-24(20)15-23(17-34-28)22-13-21-5-8-35(29(37)32(39)6-10-40-11-7-32)18-26(21)25(14-22)27-19-41-12-9-36(27)30(38)42-31(2,3)4/h13-17,27,39H,5-12,18-19H2,1-4H3,(H,33,34). The molecule has 3 aromatic rings. The van der Waals surface area contributed by atoms with Crippen LogP contribution in [-0.2, 0) is 32.0 Å². The number of aliphatic hydroxyl groups is 1. The molecule has 3 aliphatic heterocycles. The van der Waals surface area contributed by atoms with Crippen LogP contribution in [0.5, 0.6) is 0 Å². The number of amides is 2. The summed E-state index contributed by atoms with van der Waals surface area (Å²) in [5.74, 6) is -0.257. The molecule has 0 spiro atoms. The number of aromatic nitrogens is 2. The third-order valence-corrected chi connectivity index (χ3v) is 8.57. The van der Waals surface area contributed by atoms with E-state index < -0.39 is 17.2 Å². The first-order valence-electron chi connectivity index (χ1n) is 14.8. The number of hydrogen-bond acceptors (Lipinski definition) is 7. The first kappa shape index (κ1) is 28.6. The van der Waals surface area contributed by atoms with Crippen molar-refractivity contribution in [2.45, 2.75) is 70.7 Å². The van der Waals surface area contributed by atoms with Gasteiger partial charge in [-0.1, -0.05) is 6.07 Å². The zero-order valence-electron chi connectivity index (χ0n) is 24.9. The number of H-pyrrole nitrogens is 1. The molecule has 2 saturated heterocycles. The van der Waals surface area contributed by atoms with Crippen molar-refractivity contribution in [1.29, 1.82) is 0 Å². The number of benzene rings is 1. The summed E-state index contributed by atoms with van der Waals surface area (Å²) in [7, 11) is 0. The van der Waals surface area contributed by atoms with E-state index in [1.54, 1.807) is 9.80 Å². The van der Waals surface area contributed by atoms with Crippen LogP contribution in [0.4, 0.5) is 4.79 Å². The summed E-state index contributed by atoms with van der Waals surface area (Å²) in [6.45, 7) is 10.4. The largest absolute Gasteiger partial charge is 0.444 e. The van der Waals surface area contributed by atoms with E-state index in [1.165, 1.54) is 0 Å². The second kappa shape index (κ2) is 11.0. The number of hydrogen-bond donors (Lipinski definition) is 2. The Kier molecular flexibility index (Phi) is 7.49. The minimum Gasteiger partial charge on any atom is -0.444 e. The van der Waals surface area contributed by atoms with Gasteiger partial charge in [-0.3, -0.25) is 9.69 Å². The summed E-state index contributed by atoms with van der Waals surface area (Å²) < 4.78 is 17.1. The zero-order valence-corrected chi connectivity index (χ0v) is 24.9. The van der Waals surface area contributed by atoms with Crippen molar-refractivity contribution in [3.8, 4) is 11.1 Å². The Labute approximate surface area is 245 Å². The number of carbonyl (C=O) groups is 2. The SMILES string of the molecule is Cc1c[nH]c2ncc(-c3cc4c(c(C5COCCN5C(=O)OC(C)(C)C)c3)CN(C(=O)C3(O)CCOCC3)CC4)cc12. The third-order valence-electron chi connectivity index (χ3n) is 8.57. The summed E-state index contributed by atoms with van der Waals surface area (Å²) in [6, 6.07) is 6.03. The molecule has 1 unspecified atom stereocenters. The molecule has 6 rings (SSSR count). The molecule has 10 heteroatoms. The van der Waals surface area contributed by atoms with Crippen molar-refractivity contribution in [1.82, 2.24) is 19.8 Å². The first-order valence-corrected chi connectivity index (χ1v) is 14.8. The van der Waals surface area contributed by atoms with Crippen LogP contribution < -0.4 is 0 Å². The average Bonchev–Trinajstić information content (AvgIpc) is 3.35. The highest BCUT2D eigenvalue weighted by Crippen LogP contribution is 2.38. The van der Waals surface area contributed by atoms with Gasteiger partial charge in [-0.05, 0) is 74.1 Å². The fourth-order valence-electron chi connectivity index (χ4n) is 6.25. The predicted octanol–water partition coefficient (Wildman–Crippen LogP) is 4.27. The molecule has 0 aliphatic carbocycles. The smallest absolute Gasteiger partial charge is 0.410 e. The molecule has 10 nitrogen and oxygen atoms in total. The summed E-state index contributed by atoms with van der Waals surface area (Å²) in [4.78, 5) is 38.4. The van der Waals surface area contributed by atoms with E-state index in [0.717, 1.165) is 44.4 Å². The normalized spacial score (nSPS) is 20.8. The number of pyridine rings is 1. The molecule has 0 radical (unpaired) electrons. The van der Waals surface area contributed by atoms with Gasteiger partial charge in [0.25, 0.3) is 5.91 Å². The van der Waals surface area contributed by atoms with Crippen molar-refractivity contribution in [2.75, 3.05) is 39.5 Å². The lowest BCUT2D eigenvalue weighted by atomic mass is 9.85. The number of carbonyl (C=O) groups excluding carboxylic acids is 2. The molecule has 0 bridgehead atoms. The van der Waals surface area contributed by atoms with E-state index in [-0.39, 0.29) is 24.8 Å². The molecule has 2 N–H and O–H groups in total. The molecule has 3 aliphatic rings. The third kappa shape index (κ3) is 5.50. The Morgan fingerprint density at radius 1 is 1.10 bits per heavy atom. The Hall–Kier alpha value is -3.47. The number of ether oxygens (including phenoxy) is 3. The lowest BCUT2D eigenvalue weighted by Crippen LogP contribution is -2.53. The minimum atomic E-state index is -1.41. The summed E-state index contributed by atoms with van der Waals surface area (Å²) >= 11 is 0. The van der Waals surface area contributed by atoms with Crippen molar-refractivity contribution >= 4 is 23.0 Å². The maximum absolute atomic E-state index is 13.6. The van der Waals surface area contributed by atoms with Crippen molar-refractivity contribution in [3.05, 3.63) is 52.8 Å². The van der Waals surface area contributed by atoms with Crippen LogP contribution in [0.1, 0.15) is 61.9 Å². The van der Waals surface area contributed by atoms with Crippen LogP contribution in [0.2, 0.25) is 0 Å². The molecule has 42 heavy (non-hydrogen) atoms. The van der Waals surface area contributed by atoms with Gasteiger partial charge in [0, 0.05) is 69.0 Å². The highest BCUT2D eigenvalue weighted by molar-refractivity contribution is 5.86. The highest BCUT2D eigenvalue weighted by Gasteiger charge is 2.42. The van der Waals surface area contributed by atoms with Crippen molar-refractivity contribution in [2.24, 2.45) is 0 Å². The molecule has 2 fully saturated rings. The Balaban J connectivity index is 1.42. The van der Waals surface area contributed by atoms with Gasteiger partial charge < -0.3 is 29.2 Å². The Morgan fingerprint density at radius 2 is 1.88 bits per heavy atom. The van der Waals surface area contributed by atoms with Crippen LogP contribution in [-0.4, -0.2) is 87.6 Å². The Bertz CT molecular complexity index is 1500. The number of morpholine rings is 1. The first-order chi connectivity index (χ1) is 20.0. The van der Waals surface area contributed by atoms with E-state index in [9.17, 15) is 14.7 Å². The summed E-state index contributed by atoms with van der Waals surface area (Å²) in [5.41, 5.74) is 4.91. The Morgan fingerprint density at radius 3 is 2.64 bits per heavy atom. The quantitative estimate of drug-likeness (QED) is 0.478. The topological polar surface area (TPSA) is 117 Å². The van der Waals surface area contributed by atoms with Crippen LogP contribution in [0.25, 0.3) is 22.2 Å². The average molecular weight is 577 g/mol. The zero-order chi connectivity index (χ0) is 29.6. The number of aromatic amines is 1. The number of rotatable bonds is 3.